The van der Waals surface area contributed by atoms with E-state index in [4.69, 9.17) is 10.5 Å². The van der Waals surface area contributed by atoms with Crippen LogP contribution < -0.4 is 10.6 Å². The predicted molar refractivity (Wildman–Crippen MR) is 84.7 cm³/mol. The summed E-state index contributed by atoms with van der Waals surface area (Å²) in [5.74, 6) is 0.299. The van der Waals surface area contributed by atoms with E-state index in [0.717, 1.165) is 24.2 Å². The van der Waals surface area contributed by atoms with Crippen molar-refractivity contribution < 1.29 is 9.84 Å². The first-order valence-electron chi connectivity index (χ1n) is 7.52. The van der Waals surface area contributed by atoms with E-state index >= 15 is 0 Å². The number of thiazole rings is 1. The van der Waals surface area contributed by atoms with Gasteiger partial charge in [0.05, 0.1) is 23.1 Å². The zero-order valence-corrected chi connectivity index (χ0v) is 13.4. The summed E-state index contributed by atoms with van der Waals surface area (Å²) < 4.78 is 8.27. The standard InChI is InChI=1S/C14H20N4O3S/c1-3-7-5-9(8(19)4-2)21-12(7)18-11-10(22-14(18)20)6-16-13(15)17-11/h6-9,12,19H,3-5H2,1-2H3,(H2,15,16,17)/t7-,8-,9-,12+/m0/s1. The first-order chi connectivity index (χ1) is 10.5. The van der Waals surface area contributed by atoms with Crippen molar-refractivity contribution in [1.29, 1.82) is 0 Å². The summed E-state index contributed by atoms with van der Waals surface area (Å²) in [6.45, 7) is 3.98. The zero-order chi connectivity index (χ0) is 15.9. The fraction of sp³-hybridized carbons (Fsp3) is 0.643. The molecule has 0 amide bonds. The lowest BCUT2D eigenvalue weighted by Crippen LogP contribution is -2.27. The topological polar surface area (TPSA) is 103 Å². The number of hydrogen-bond acceptors (Lipinski definition) is 7. The van der Waals surface area contributed by atoms with Crippen molar-refractivity contribution in [3.63, 3.8) is 0 Å². The number of aliphatic hydroxyl groups excluding tert-OH is 1. The molecule has 0 spiro atoms. The van der Waals surface area contributed by atoms with Crippen molar-refractivity contribution in [2.75, 3.05) is 5.73 Å². The van der Waals surface area contributed by atoms with Gasteiger partial charge in [-0.2, -0.15) is 4.98 Å². The van der Waals surface area contributed by atoms with Crippen LogP contribution in [0.4, 0.5) is 5.95 Å². The largest absolute Gasteiger partial charge is 0.390 e. The number of ether oxygens (including phenoxy) is 1. The van der Waals surface area contributed by atoms with Crippen LogP contribution in [0.25, 0.3) is 10.3 Å². The van der Waals surface area contributed by atoms with Crippen LogP contribution >= 0.6 is 11.3 Å². The molecule has 120 valence electrons. The van der Waals surface area contributed by atoms with Crippen LogP contribution in [0.15, 0.2) is 11.0 Å². The van der Waals surface area contributed by atoms with E-state index in [1.165, 1.54) is 0 Å². The Labute approximate surface area is 131 Å². The minimum Gasteiger partial charge on any atom is -0.390 e. The van der Waals surface area contributed by atoms with Gasteiger partial charge in [-0.15, -0.1) is 0 Å². The number of fused-ring (bicyclic) bond motifs is 1. The first-order valence-corrected chi connectivity index (χ1v) is 8.33. The molecule has 0 aliphatic carbocycles. The Hall–Kier alpha value is -1.51. The molecule has 22 heavy (non-hydrogen) atoms. The molecular weight excluding hydrogens is 304 g/mol. The number of nitrogens with two attached hydrogens (primary N) is 1. The van der Waals surface area contributed by atoms with E-state index in [1.54, 1.807) is 10.8 Å². The fourth-order valence-electron chi connectivity index (χ4n) is 2.98. The SMILES string of the molecule is CC[C@H]1C[C@@H]([C@@H](O)CC)O[C@H]1n1c(=O)sc2cnc(N)nc21. The maximum atomic E-state index is 12.4. The van der Waals surface area contributed by atoms with Crippen LogP contribution in [-0.2, 0) is 4.74 Å². The summed E-state index contributed by atoms with van der Waals surface area (Å²) >= 11 is 1.09. The molecule has 0 unspecified atom stereocenters. The van der Waals surface area contributed by atoms with Crippen molar-refractivity contribution in [2.45, 2.75) is 51.5 Å². The van der Waals surface area contributed by atoms with E-state index in [-0.39, 0.29) is 22.8 Å². The van der Waals surface area contributed by atoms with Crippen molar-refractivity contribution in [3.05, 3.63) is 15.9 Å². The van der Waals surface area contributed by atoms with Gasteiger partial charge >= 0.3 is 4.87 Å². The summed E-state index contributed by atoms with van der Waals surface area (Å²) in [6, 6.07) is 0. The number of aromatic nitrogens is 3. The molecule has 1 saturated heterocycles. The molecule has 1 aliphatic heterocycles. The van der Waals surface area contributed by atoms with Crippen molar-refractivity contribution in [2.24, 2.45) is 5.92 Å². The Morgan fingerprint density at radius 1 is 1.59 bits per heavy atom. The second-order valence-electron chi connectivity index (χ2n) is 5.60. The van der Waals surface area contributed by atoms with Gasteiger partial charge in [-0.1, -0.05) is 25.2 Å². The molecule has 4 atom stereocenters. The summed E-state index contributed by atoms with van der Waals surface area (Å²) in [7, 11) is 0. The lowest BCUT2D eigenvalue weighted by molar-refractivity contribution is -0.0655. The predicted octanol–water partition coefficient (Wildman–Crippen LogP) is 1.52. The minimum atomic E-state index is -0.514. The van der Waals surface area contributed by atoms with E-state index in [9.17, 15) is 9.90 Å². The third-order valence-corrected chi connectivity index (χ3v) is 5.14. The summed E-state index contributed by atoms with van der Waals surface area (Å²) in [6.07, 6.45) is 2.62. The molecule has 2 aromatic heterocycles. The molecule has 0 bridgehead atoms. The first kappa shape index (κ1) is 15.4. The van der Waals surface area contributed by atoms with E-state index < -0.39 is 12.3 Å². The molecule has 2 aromatic rings. The van der Waals surface area contributed by atoms with Crippen molar-refractivity contribution in [1.82, 2.24) is 14.5 Å². The lowest BCUT2D eigenvalue weighted by Gasteiger charge is -2.19. The highest BCUT2D eigenvalue weighted by Gasteiger charge is 2.39. The number of aliphatic hydroxyl groups is 1. The lowest BCUT2D eigenvalue weighted by atomic mass is 9.97. The van der Waals surface area contributed by atoms with Gasteiger partial charge in [-0.3, -0.25) is 9.36 Å². The Balaban J connectivity index is 2.04. The monoisotopic (exact) mass is 324 g/mol. The molecule has 8 heteroatoms. The molecule has 3 heterocycles. The quantitative estimate of drug-likeness (QED) is 0.884. The van der Waals surface area contributed by atoms with E-state index in [1.807, 2.05) is 6.92 Å². The van der Waals surface area contributed by atoms with Crippen LogP contribution in [-0.4, -0.2) is 31.8 Å². The number of nitrogen functional groups attached to an aromatic ring is 1. The van der Waals surface area contributed by atoms with Crippen LogP contribution in [0, 0.1) is 5.92 Å². The van der Waals surface area contributed by atoms with Gasteiger partial charge in [0, 0.05) is 5.92 Å². The zero-order valence-electron chi connectivity index (χ0n) is 12.6. The third-order valence-electron chi connectivity index (χ3n) is 4.26. The van der Waals surface area contributed by atoms with Crippen LogP contribution in [0.3, 0.4) is 0 Å². The molecule has 0 aromatic carbocycles. The number of anilines is 1. The average molecular weight is 324 g/mol. The van der Waals surface area contributed by atoms with Gasteiger partial charge in [-0.05, 0) is 19.3 Å². The highest BCUT2D eigenvalue weighted by atomic mass is 32.1. The van der Waals surface area contributed by atoms with Gasteiger partial charge < -0.3 is 15.6 Å². The van der Waals surface area contributed by atoms with Crippen molar-refractivity contribution >= 4 is 27.6 Å². The van der Waals surface area contributed by atoms with Gasteiger partial charge in [0.2, 0.25) is 5.95 Å². The Morgan fingerprint density at radius 3 is 3.05 bits per heavy atom. The highest BCUT2D eigenvalue weighted by Crippen LogP contribution is 2.39. The van der Waals surface area contributed by atoms with Crippen LogP contribution in [0.2, 0.25) is 0 Å². The maximum Gasteiger partial charge on any atom is 0.311 e. The number of hydrogen-bond donors (Lipinski definition) is 2. The highest BCUT2D eigenvalue weighted by molar-refractivity contribution is 7.16. The van der Waals surface area contributed by atoms with Crippen LogP contribution in [0.5, 0.6) is 0 Å². The number of rotatable bonds is 4. The third kappa shape index (κ3) is 2.51. The summed E-state index contributed by atoms with van der Waals surface area (Å²) in [5, 5.41) is 10.1. The van der Waals surface area contributed by atoms with Gasteiger partial charge in [0.25, 0.3) is 0 Å². The Morgan fingerprint density at radius 2 is 2.36 bits per heavy atom. The van der Waals surface area contributed by atoms with Gasteiger partial charge in [0.15, 0.2) is 5.65 Å². The molecule has 7 nitrogen and oxygen atoms in total. The maximum absolute atomic E-state index is 12.4. The molecule has 0 saturated carbocycles. The average Bonchev–Trinajstić information content (AvgIpc) is 3.06. The Kier molecular flexibility index (Phi) is 4.16. The number of nitrogens with zero attached hydrogens (tertiary/aromatic N) is 3. The van der Waals surface area contributed by atoms with E-state index in [2.05, 4.69) is 16.9 Å². The normalized spacial score (nSPS) is 26.6. The van der Waals surface area contributed by atoms with Gasteiger partial charge in [0.1, 0.15) is 6.23 Å². The molecule has 1 fully saturated rings. The minimum absolute atomic E-state index is 0.134. The molecular formula is C14H20N4O3S. The second-order valence-corrected chi connectivity index (χ2v) is 6.59. The van der Waals surface area contributed by atoms with E-state index in [0.29, 0.717) is 16.8 Å². The second kappa shape index (κ2) is 5.94. The van der Waals surface area contributed by atoms with Crippen LogP contribution in [0.1, 0.15) is 39.3 Å². The van der Waals surface area contributed by atoms with Crippen molar-refractivity contribution in [3.8, 4) is 0 Å². The molecule has 3 N–H and O–H groups in total. The van der Waals surface area contributed by atoms with Gasteiger partial charge in [-0.25, -0.2) is 4.98 Å². The molecule has 1 aliphatic rings. The molecule has 3 rings (SSSR count). The Bertz CT molecular complexity index is 728. The smallest absolute Gasteiger partial charge is 0.311 e. The summed E-state index contributed by atoms with van der Waals surface area (Å²) in [4.78, 5) is 20.4. The summed E-state index contributed by atoms with van der Waals surface area (Å²) in [5.41, 5.74) is 6.16. The molecule has 0 radical (unpaired) electrons. The fourth-order valence-corrected chi connectivity index (χ4v) is 3.80.